The summed E-state index contributed by atoms with van der Waals surface area (Å²) in [7, 11) is 0. The predicted octanol–water partition coefficient (Wildman–Crippen LogP) is -0.772. The normalized spacial score (nSPS) is 11.0. The molecule has 18 heavy (non-hydrogen) atoms. The third-order valence-electron chi connectivity index (χ3n) is 2.13. The Labute approximate surface area is 110 Å². The minimum absolute atomic E-state index is 0.166. The third kappa shape index (κ3) is 15.8. The van der Waals surface area contributed by atoms with Crippen LogP contribution in [0.2, 0.25) is 0 Å². The molecule has 0 spiro atoms. The summed E-state index contributed by atoms with van der Waals surface area (Å²) in [4.78, 5) is 0. The van der Waals surface area contributed by atoms with Crippen molar-refractivity contribution in [3.63, 3.8) is 0 Å². The van der Waals surface area contributed by atoms with Gasteiger partial charge in [-0.05, 0) is 6.92 Å². The van der Waals surface area contributed by atoms with Gasteiger partial charge < -0.3 is 30.0 Å². The number of rotatable bonds is 15. The summed E-state index contributed by atoms with van der Waals surface area (Å²) in [5.41, 5.74) is 0. The van der Waals surface area contributed by atoms with E-state index in [0.717, 1.165) is 32.8 Å². The minimum atomic E-state index is 0.166. The molecular formula is C12H28N2O4. The van der Waals surface area contributed by atoms with E-state index in [2.05, 4.69) is 10.6 Å². The van der Waals surface area contributed by atoms with Crippen molar-refractivity contribution in [2.75, 3.05) is 72.4 Å². The van der Waals surface area contributed by atoms with Crippen LogP contribution in [0.3, 0.4) is 0 Å². The molecule has 0 aliphatic heterocycles. The Morgan fingerprint density at radius 2 is 1.22 bits per heavy atom. The van der Waals surface area contributed by atoms with Gasteiger partial charge in [-0.25, -0.2) is 0 Å². The van der Waals surface area contributed by atoms with Crippen LogP contribution < -0.4 is 10.6 Å². The maximum atomic E-state index is 8.52. The van der Waals surface area contributed by atoms with Crippen LogP contribution in [0.1, 0.15) is 6.92 Å². The van der Waals surface area contributed by atoms with Crippen LogP contribution in [0.25, 0.3) is 0 Å². The first-order chi connectivity index (χ1) is 8.91. The lowest BCUT2D eigenvalue weighted by Crippen LogP contribution is -2.25. The highest BCUT2D eigenvalue weighted by Crippen LogP contribution is 1.78. The average molecular weight is 264 g/mol. The first-order valence-electron chi connectivity index (χ1n) is 6.67. The van der Waals surface area contributed by atoms with Gasteiger partial charge in [-0.15, -0.1) is 0 Å². The number of hydrogen-bond acceptors (Lipinski definition) is 6. The lowest BCUT2D eigenvalue weighted by Gasteiger charge is -2.07. The fourth-order valence-corrected chi connectivity index (χ4v) is 1.23. The lowest BCUT2D eigenvalue weighted by molar-refractivity contribution is 0.0491. The van der Waals surface area contributed by atoms with Crippen LogP contribution in [0.4, 0.5) is 0 Å². The van der Waals surface area contributed by atoms with E-state index in [-0.39, 0.29) is 6.61 Å². The summed E-state index contributed by atoms with van der Waals surface area (Å²) in [6, 6.07) is 0. The van der Waals surface area contributed by atoms with Crippen LogP contribution >= 0.6 is 0 Å². The summed E-state index contributed by atoms with van der Waals surface area (Å²) in [6.45, 7) is 9.33. The molecule has 0 saturated heterocycles. The topological polar surface area (TPSA) is 72.0 Å². The quantitative estimate of drug-likeness (QED) is 0.337. The van der Waals surface area contributed by atoms with Gasteiger partial charge in [0.2, 0.25) is 0 Å². The van der Waals surface area contributed by atoms with E-state index in [1.54, 1.807) is 0 Å². The Kier molecular flexibility index (Phi) is 16.5. The maximum absolute atomic E-state index is 8.52. The molecule has 0 bridgehead atoms. The number of hydrogen-bond donors (Lipinski definition) is 3. The summed E-state index contributed by atoms with van der Waals surface area (Å²) >= 11 is 0. The second-order valence-electron chi connectivity index (χ2n) is 3.65. The molecule has 0 aromatic heterocycles. The highest BCUT2D eigenvalue weighted by molar-refractivity contribution is 4.45. The van der Waals surface area contributed by atoms with E-state index < -0.39 is 0 Å². The van der Waals surface area contributed by atoms with Crippen molar-refractivity contribution in [3.05, 3.63) is 0 Å². The molecule has 0 radical (unpaired) electrons. The molecule has 6 nitrogen and oxygen atoms in total. The molecule has 0 amide bonds. The molecule has 0 heterocycles. The number of nitrogens with one attached hydrogen (secondary N) is 2. The van der Waals surface area contributed by atoms with E-state index in [1.165, 1.54) is 0 Å². The Morgan fingerprint density at radius 1 is 0.722 bits per heavy atom. The van der Waals surface area contributed by atoms with Crippen LogP contribution in [0.5, 0.6) is 0 Å². The number of aliphatic hydroxyl groups excluding tert-OH is 1. The van der Waals surface area contributed by atoms with Crippen molar-refractivity contribution in [1.82, 2.24) is 10.6 Å². The van der Waals surface area contributed by atoms with Gasteiger partial charge in [0.15, 0.2) is 0 Å². The second-order valence-corrected chi connectivity index (χ2v) is 3.65. The molecular weight excluding hydrogens is 236 g/mol. The molecule has 110 valence electrons. The fraction of sp³-hybridized carbons (Fsp3) is 1.00. The van der Waals surface area contributed by atoms with Gasteiger partial charge in [-0.3, -0.25) is 0 Å². The van der Waals surface area contributed by atoms with Crippen LogP contribution in [0, 0.1) is 0 Å². The third-order valence-corrected chi connectivity index (χ3v) is 2.13. The van der Waals surface area contributed by atoms with Gasteiger partial charge >= 0.3 is 0 Å². The van der Waals surface area contributed by atoms with Gasteiger partial charge in [-0.1, -0.05) is 0 Å². The molecule has 0 atom stereocenters. The summed E-state index contributed by atoms with van der Waals surface area (Å²) in [6.07, 6.45) is 0. The molecule has 0 aliphatic rings. The van der Waals surface area contributed by atoms with E-state index >= 15 is 0 Å². The zero-order valence-corrected chi connectivity index (χ0v) is 11.5. The minimum Gasteiger partial charge on any atom is -0.395 e. The van der Waals surface area contributed by atoms with Crippen molar-refractivity contribution >= 4 is 0 Å². The highest BCUT2D eigenvalue weighted by Gasteiger charge is 1.91. The van der Waals surface area contributed by atoms with Crippen LogP contribution in [-0.2, 0) is 14.2 Å². The van der Waals surface area contributed by atoms with Gasteiger partial charge in [0, 0.05) is 32.8 Å². The van der Waals surface area contributed by atoms with Crippen molar-refractivity contribution in [2.45, 2.75) is 6.92 Å². The molecule has 0 fully saturated rings. The van der Waals surface area contributed by atoms with Gasteiger partial charge in [0.25, 0.3) is 0 Å². The molecule has 6 heteroatoms. The number of ether oxygens (including phenoxy) is 3. The van der Waals surface area contributed by atoms with Crippen molar-refractivity contribution in [1.29, 1.82) is 0 Å². The standard InChI is InChI=1S/C12H28N2O4/c1-2-16-8-4-14-6-10-18-12-11-17-9-5-13-3-7-15/h13-15H,2-12H2,1H3. The van der Waals surface area contributed by atoms with Gasteiger partial charge in [0.05, 0.1) is 39.6 Å². The van der Waals surface area contributed by atoms with Crippen molar-refractivity contribution in [3.8, 4) is 0 Å². The average Bonchev–Trinajstić information content (AvgIpc) is 2.39. The summed E-state index contributed by atoms with van der Waals surface area (Å²) in [5.74, 6) is 0. The maximum Gasteiger partial charge on any atom is 0.0701 e. The molecule has 0 rings (SSSR count). The van der Waals surface area contributed by atoms with E-state index in [4.69, 9.17) is 19.3 Å². The smallest absolute Gasteiger partial charge is 0.0701 e. The predicted molar refractivity (Wildman–Crippen MR) is 71.0 cm³/mol. The molecule has 0 aromatic carbocycles. The van der Waals surface area contributed by atoms with Gasteiger partial charge in [-0.2, -0.15) is 0 Å². The Bertz CT molecular complexity index is 134. The highest BCUT2D eigenvalue weighted by atomic mass is 16.5. The first-order valence-corrected chi connectivity index (χ1v) is 6.67. The van der Waals surface area contributed by atoms with E-state index in [0.29, 0.717) is 33.0 Å². The van der Waals surface area contributed by atoms with Crippen molar-refractivity contribution in [2.24, 2.45) is 0 Å². The van der Waals surface area contributed by atoms with Crippen LogP contribution in [-0.4, -0.2) is 77.5 Å². The molecule has 0 aliphatic carbocycles. The Hall–Kier alpha value is -0.240. The zero-order valence-electron chi connectivity index (χ0n) is 11.5. The monoisotopic (exact) mass is 264 g/mol. The molecule has 3 N–H and O–H groups in total. The van der Waals surface area contributed by atoms with Gasteiger partial charge in [0.1, 0.15) is 0 Å². The SMILES string of the molecule is CCOCCNCCOCCOCCNCCO. The van der Waals surface area contributed by atoms with E-state index in [9.17, 15) is 0 Å². The Morgan fingerprint density at radius 3 is 1.72 bits per heavy atom. The largest absolute Gasteiger partial charge is 0.395 e. The zero-order chi connectivity index (χ0) is 13.3. The fourth-order valence-electron chi connectivity index (χ4n) is 1.23. The van der Waals surface area contributed by atoms with Crippen molar-refractivity contribution < 1.29 is 19.3 Å². The molecule has 0 saturated carbocycles. The summed E-state index contributed by atoms with van der Waals surface area (Å²) in [5, 5.41) is 14.8. The van der Waals surface area contributed by atoms with E-state index in [1.807, 2.05) is 6.92 Å². The lowest BCUT2D eigenvalue weighted by atomic mass is 10.6. The summed E-state index contributed by atoms with van der Waals surface area (Å²) < 4.78 is 15.9. The Balaban J connectivity index is 2.86. The van der Waals surface area contributed by atoms with Crippen LogP contribution in [0.15, 0.2) is 0 Å². The second kappa shape index (κ2) is 16.8. The molecule has 0 unspecified atom stereocenters. The first kappa shape index (κ1) is 17.8. The number of aliphatic hydroxyl groups is 1. The molecule has 0 aromatic rings.